The Balaban J connectivity index is 0. The van der Waals surface area contributed by atoms with Gasteiger partial charge in [-0.15, -0.1) is 0 Å². The van der Waals surface area contributed by atoms with Crippen LogP contribution in [0.25, 0.3) is 0 Å². The molecule has 0 aromatic rings. The van der Waals surface area contributed by atoms with Crippen LogP contribution in [0.2, 0.25) is 0 Å². The van der Waals surface area contributed by atoms with E-state index in [4.69, 9.17) is 5.73 Å². The summed E-state index contributed by atoms with van der Waals surface area (Å²) in [5, 5.41) is 0. The highest BCUT2D eigenvalue weighted by atomic mass is 35.5. The third kappa shape index (κ3) is 9.37. The van der Waals surface area contributed by atoms with E-state index in [1.165, 1.54) is 0 Å². The molecule has 0 spiro atoms. The topological polar surface area (TPSA) is 43.1 Å². The highest BCUT2D eigenvalue weighted by Gasteiger charge is 2.07. The molecule has 0 aromatic heterocycles. The van der Waals surface area contributed by atoms with Crippen LogP contribution in [0.15, 0.2) is 12.2 Å². The van der Waals surface area contributed by atoms with Gasteiger partial charge in [0, 0.05) is 12.0 Å². The number of amides is 1. The summed E-state index contributed by atoms with van der Waals surface area (Å²) in [4.78, 5) is 10.6. The number of primary amides is 1. The maximum Gasteiger partial charge on any atom is 0.244 e. The Morgan fingerprint density at radius 2 is 1.85 bits per heavy atom. The number of rotatable bonds is 5. The van der Waals surface area contributed by atoms with Crippen molar-refractivity contribution in [2.24, 2.45) is 5.73 Å². The molecule has 0 radical (unpaired) electrons. The molecule has 78 valence electrons. The Morgan fingerprint density at radius 3 is 2.15 bits per heavy atom. The van der Waals surface area contributed by atoms with E-state index >= 15 is 0 Å². The molecule has 0 saturated carbocycles. The van der Waals surface area contributed by atoms with Gasteiger partial charge in [-0.2, -0.15) is 0 Å². The minimum Gasteiger partial charge on any atom is -1.00 e. The van der Waals surface area contributed by atoms with Crippen LogP contribution in [0.5, 0.6) is 0 Å². The second-order valence-electron chi connectivity index (χ2n) is 4.09. The minimum absolute atomic E-state index is 0. The van der Waals surface area contributed by atoms with Crippen molar-refractivity contribution >= 4 is 5.91 Å². The summed E-state index contributed by atoms with van der Waals surface area (Å²) in [6.45, 7) is 4.63. The Bertz CT molecular complexity index is 185. The van der Waals surface area contributed by atoms with Gasteiger partial charge < -0.3 is 22.6 Å². The molecule has 2 N–H and O–H groups in total. The predicted octanol–water partition coefficient (Wildman–Crippen LogP) is -2.48. The molecule has 0 fully saturated rings. The summed E-state index contributed by atoms with van der Waals surface area (Å²) < 4.78 is 0.909. The highest BCUT2D eigenvalue weighted by Crippen LogP contribution is 2.03. The van der Waals surface area contributed by atoms with Gasteiger partial charge in [0.05, 0.1) is 27.7 Å². The van der Waals surface area contributed by atoms with Crippen molar-refractivity contribution in [2.75, 3.05) is 27.7 Å². The molecule has 0 atom stereocenters. The molecule has 0 heterocycles. The maximum absolute atomic E-state index is 10.6. The van der Waals surface area contributed by atoms with E-state index in [9.17, 15) is 4.79 Å². The monoisotopic (exact) mass is 206 g/mol. The van der Waals surface area contributed by atoms with E-state index in [1.807, 2.05) is 0 Å². The lowest BCUT2D eigenvalue weighted by Crippen LogP contribution is -3.00. The molecule has 0 aliphatic heterocycles. The molecule has 0 aliphatic rings. The van der Waals surface area contributed by atoms with E-state index < -0.39 is 0 Å². The van der Waals surface area contributed by atoms with Gasteiger partial charge in [0.1, 0.15) is 0 Å². The van der Waals surface area contributed by atoms with E-state index in [-0.39, 0.29) is 18.3 Å². The Kier molecular flexibility index (Phi) is 6.90. The van der Waals surface area contributed by atoms with Gasteiger partial charge >= 0.3 is 0 Å². The van der Waals surface area contributed by atoms with Crippen molar-refractivity contribution in [3.8, 4) is 0 Å². The van der Waals surface area contributed by atoms with Crippen molar-refractivity contribution in [2.45, 2.75) is 12.8 Å². The fourth-order valence-electron chi connectivity index (χ4n) is 0.890. The number of nitrogens with zero attached hydrogens (tertiary/aromatic N) is 1. The number of halogens is 1. The molecule has 0 saturated heterocycles. The van der Waals surface area contributed by atoms with Crippen LogP contribution in [0.1, 0.15) is 12.8 Å². The number of hydrogen-bond acceptors (Lipinski definition) is 1. The summed E-state index contributed by atoms with van der Waals surface area (Å²) in [5.74, 6) is -0.378. The van der Waals surface area contributed by atoms with Crippen LogP contribution in [0, 0.1) is 0 Å². The van der Waals surface area contributed by atoms with Crippen LogP contribution in [0.4, 0.5) is 0 Å². The molecule has 0 bridgehead atoms. The van der Waals surface area contributed by atoms with E-state index in [2.05, 4.69) is 27.7 Å². The summed E-state index contributed by atoms with van der Waals surface area (Å²) in [7, 11) is 6.35. The first-order valence-electron chi connectivity index (χ1n) is 4.11. The standard InChI is InChI=1S/C9H18N2O.ClH/c1-8(9(10)12)6-5-7-11(2,3)4;/h1,5-7H2,2-4H3,(H-,10,12);1H. The Morgan fingerprint density at radius 1 is 1.38 bits per heavy atom. The fraction of sp³-hybridized carbons (Fsp3) is 0.667. The minimum atomic E-state index is -0.378. The Labute approximate surface area is 86.6 Å². The van der Waals surface area contributed by atoms with E-state index in [0.717, 1.165) is 17.4 Å². The normalized spacial score (nSPS) is 10.4. The molecule has 0 aromatic carbocycles. The molecule has 0 aliphatic carbocycles. The maximum atomic E-state index is 10.6. The zero-order valence-electron chi connectivity index (χ0n) is 8.64. The first-order chi connectivity index (χ1) is 5.33. The summed E-state index contributed by atoms with van der Waals surface area (Å²) in [6.07, 6.45) is 1.68. The Hall–Kier alpha value is -0.540. The van der Waals surface area contributed by atoms with Gasteiger partial charge in [0.15, 0.2) is 0 Å². The second kappa shape index (κ2) is 6.00. The van der Waals surface area contributed by atoms with Gasteiger partial charge in [0.25, 0.3) is 0 Å². The summed E-state index contributed by atoms with van der Waals surface area (Å²) >= 11 is 0. The summed E-state index contributed by atoms with van der Waals surface area (Å²) in [5.41, 5.74) is 5.57. The molecule has 0 unspecified atom stereocenters. The van der Waals surface area contributed by atoms with Crippen LogP contribution in [-0.4, -0.2) is 38.1 Å². The quantitative estimate of drug-likeness (QED) is 0.393. The second-order valence-corrected chi connectivity index (χ2v) is 4.09. The van der Waals surface area contributed by atoms with Crippen LogP contribution < -0.4 is 18.1 Å². The fourth-order valence-corrected chi connectivity index (χ4v) is 0.890. The van der Waals surface area contributed by atoms with Gasteiger partial charge in [0.2, 0.25) is 5.91 Å². The largest absolute Gasteiger partial charge is 1.00 e. The van der Waals surface area contributed by atoms with Gasteiger partial charge in [-0.3, -0.25) is 4.79 Å². The van der Waals surface area contributed by atoms with Crippen LogP contribution in [-0.2, 0) is 4.79 Å². The smallest absolute Gasteiger partial charge is 0.244 e. The zero-order valence-corrected chi connectivity index (χ0v) is 9.40. The van der Waals surface area contributed by atoms with Crippen molar-refractivity contribution in [3.63, 3.8) is 0 Å². The average molecular weight is 207 g/mol. The van der Waals surface area contributed by atoms with Crippen LogP contribution in [0.3, 0.4) is 0 Å². The lowest BCUT2D eigenvalue weighted by atomic mass is 10.1. The van der Waals surface area contributed by atoms with Crippen molar-refractivity contribution in [1.29, 1.82) is 0 Å². The molecule has 3 nitrogen and oxygen atoms in total. The molecule has 1 amide bonds. The number of hydrogen-bond donors (Lipinski definition) is 1. The first kappa shape index (κ1) is 15.0. The van der Waals surface area contributed by atoms with Gasteiger partial charge in [-0.25, -0.2) is 0 Å². The summed E-state index contributed by atoms with van der Waals surface area (Å²) in [6, 6.07) is 0. The van der Waals surface area contributed by atoms with Crippen LogP contribution >= 0.6 is 0 Å². The predicted molar refractivity (Wildman–Crippen MR) is 50.5 cm³/mol. The van der Waals surface area contributed by atoms with Gasteiger partial charge in [-0.05, 0) is 6.42 Å². The number of quaternary nitrogens is 1. The molecule has 0 rings (SSSR count). The number of nitrogens with two attached hydrogens (primary N) is 1. The zero-order chi connectivity index (χ0) is 9.78. The van der Waals surface area contributed by atoms with Crippen molar-refractivity contribution < 1.29 is 21.7 Å². The number of carbonyl (C=O) groups excluding carboxylic acids is 1. The molecule has 4 heteroatoms. The van der Waals surface area contributed by atoms with Gasteiger partial charge in [-0.1, -0.05) is 6.58 Å². The average Bonchev–Trinajstić information content (AvgIpc) is 1.84. The van der Waals surface area contributed by atoms with E-state index in [1.54, 1.807) is 0 Å². The van der Waals surface area contributed by atoms with Crippen molar-refractivity contribution in [1.82, 2.24) is 0 Å². The molecule has 13 heavy (non-hydrogen) atoms. The lowest BCUT2D eigenvalue weighted by molar-refractivity contribution is -0.870. The molecular weight excluding hydrogens is 188 g/mol. The lowest BCUT2D eigenvalue weighted by Gasteiger charge is -2.23. The first-order valence-corrected chi connectivity index (χ1v) is 4.11. The SMILES string of the molecule is C=C(CCC[N+](C)(C)C)C(N)=O.[Cl-]. The molecular formula is C9H19ClN2O. The third-order valence-corrected chi connectivity index (χ3v) is 1.66. The number of carbonyl (C=O) groups is 1. The van der Waals surface area contributed by atoms with Crippen molar-refractivity contribution in [3.05, 3.63) is 12.2 Å². The highest BCUT2D eigenvalue weighted by molar-refractivity contribution is 5.91. The third-order valence-electron chi connectivity index (χ3n) is 1.66. The van der Waals surface area contributed by atoms with E-state index in [0.29, 0.717) is 12.0 Å².